The molecule has 10 nitrogen and oxygen atoms in total. The first kappa shape index (κ1) is 29.1. The normalized spacial score (nSPS) is 11.0. The van der Waals surface area contributed by atoms with Crippen LogP contribution >= 0.6 is 0 Å². The van der Waals surface area contributed by atoms with Crippen molar-refractivity contribution in [3.8, 4) is 11.5 Å². The van der Waals surface area contributed by atoms with E-state index >= 15 is 0 Å². The quantitative estimate of drug-likeness (QED) is 0.138. The molecule has 0 saturated heterocycles. The number of rotatable bonds is 18. The van der Waals surface area contributed by atoms with Gasteiger partial charge in [-0.2, -0.15) is 0 Å². The highest BCUT2D eigenvalue weighted by Crippen LogP contribution is 2.42. The molecular formula is C28H34O10. The van der Waals surface area contributed by atoms with Gasteiger partial charge in [-0.3, -0.25) is 0 Å². The van der Waals surface area contributed by atoms with Gasteiger partial charge in [-0.15, -0.1) is 0 Å². The molecule has 0 aromatic heterocycles. The summed E-state index contributed by atoms with van der Waals surface area (Å²) in [7, 11) is 3.18. The van der Waals surface area contributed by atoms with Crippen LogP contribution < -0.4 is 9.47 Å². The fourth-order valence-corrected chi connectivity index (χ4v) is 3.62. The van der Waals surface area contributed by atoms with E-state index in [4.69, 9.17) is 37.9 Å². The predicted molar refractivity (Wildman–Crippen MR) is 140 cm³/mol. The smallest absolute Gasteiger partial charge is 0.344 e. The van der Waals surface area contributed by atoms with Crippen LogP contribution in [0.25, 0.3) is 21.5 Å². The van der Waals surface area contributed by atoms with Crippen LogP contribution in [0, 0.1) is 0 Å². The van der Waals surface area contributed by atoms with Crippen LogP contribution in [0.3, 0.4) is 0 Å². The first-order valence-electron chi connectivity index (χ1n) is 12.3. The number of carbonyl (C=O) groups is 2. The summed E-state index contributed by atoms with van der Waals surface area (Å²) in [5.41, 5.74) is 0. The molecule has 0 amide bonds. The lowest BCUT2D eigenvalue weighted by molar-refractivity contribution is -0.148. The van der Waals surface area contributed by atoms with E-state index in [-0.39, 0.29) is 39.6 Å². The van der Waals surface area contributed by atoms with Crippen molar-refractivity contribution in [3.05, 3.63) is 48.5 Å². The van der Waals surface area contributed by atoms with Gasteiger partial charge < -0.3 is 37.9 Å². The molecule has 0 N–H and O–H groups in total. The summed E-state index contributed by atoms with van der Waals surface area (Å²) in [5.74, 6) is 0.0193. The first-order chi connectivity index (χ1) is 18.7. The topological polar surface area (TPSA) is 108 Å². The van der Waals surface area contributed by atoms with Crippen LogP contribution in [0.5, 0.6) is 11.5 Å². The number of benzene rings is 3. The Kier molecular flexibility index (Phi) is 12.6. The molecule has 0 heterocycles. The standard InChI is InChI=1S/C28H34O10/c1-31-11-13-33-15-17-35-25(29)19-37-27-21-7-3-5-9-23(21)28(24-10-6-4-8-22(24)27)38-20-26(30)36-18-16-34-14-12-32-2/h3-10H,11-20H2,1-2H3. The van der Waals surface area contributed by atoms with Crippen molar-refractivity contribution >= 4 is 33.5 Å². The lowest BCUT2D eigenvalue weighted by atomic mass is 10.0. The van der Waals surface area contributed by atoms with Crippen LogP contribution in [-0.4, -0.2) is 92.2 Å². The zero-order valence-corrected chi connectivity index (χ0v) is 21.8. The minimum Gasteiger partial charge on any atom is -0.481 e. The molecule has 206 valence electrons. The number of esters is 2. The van der Waals surface area contributed by atoms with E-state index in [1.807, 2.05) is 48.5 Å². The highest BCUT2D eigenvalue weighted by Gasteiger charge is 2.18. The number of hydrogen-bond donors (Lipinski definition) is 0. The van der Waals surface area contributed by atoms with Crippen LogP contribution in [0.2, 0.25) is 0 Å². The molecule has 0 aliphatic heterocycles. The lowest BCUT2D eigenvalue weighted by Gasteiger charge is -2.17. The van der Waals surface area contributed by atoms with E-state index in [1.54, 1.807) is 14.2 Å². The molecule has 0 fully saturated rings. The summed E-state index contributed by atoms with van der Waals surface area (Å²) in [4.78, 5) is 24.5. The van der Waals surface area contributed by atoms with Gasteiger partial charge in [-0.05, 0) is 0 Å². The van der Waals surface area contributed by atoms with E-state index < -0.39 is 11.9 Å². The molecule has 3 rings (SSSR count). The van der Waals surface area contributed by atoms with Crippen molar-refractivity contribution in [1.29, 1.82) is 0 Å². The molecular weight excluding hydrogens is 496 g/mol. The third-order valence-electron chi connectivity index (χ3n) is 5.35. The van der Waals surface area contributed by atoms with Gasteiger partial charge in [0.1, 0.15) is 24.7 Å². The Morgan fingerprint density at radius 1 is 0.526 bits per heavy atom. The fraction of sp³-hybridized carbons (Fsp3) is 0.429. The summed E-state index contributed by atoms with van der Waals surface area (Å²) in [6.07, 6.45) is 0. The van der Waals surface area contributed by atoms with Crippen LogP contribution in [-0.2, 0) is 38.0 Å². The minimum absolute atomic E-state index is 0.121. The van der Waals surface area contributed by atoms with Crippen LogP contribution in [0.1, 0.15) is 0 Å². The molecule has 38 heavy (non-hydrogen) atoms. The molecule has 0 aliphatic rings. The Bertz CT molecular complexity index is 1020. The highest BCUT2D eigenvalue weighted by atomic mass is 16.6. The SMILES string of the molecule is COCCOCCOC(=O)COc1c2ccccc2c(OCC(=O)OCCOCCOC)c2ccccc12. The monoisotopic (exact) mass is 530 g/mol. The summed E-state index contributed by atoms with van der Waals surface area (Å²) in [5, 5.41) is 2.93. The Labute approximate surface area is 221 Å². The average Bonchev–Trinajstić information content (AvgIpc) is 2.94. The Balaban J connectivity index is 1.67. The Hall–Kier alpha value is -3.44. The molecule has 0 saturated carbocycles. The Morgan fingerprint density at radius 2 is 0.868 bits per heavy atom. The van der Waals surface area contributed by atoms with E-state index in [2.05, 4.69) is 0 Å². The lowest BCUT2D eigenvalue weighted by Crippen LogP contribution is -2.19. The molecule has 0 radical (unpaired) electrons. The highest BCUT2D eigenvalue weighted by molar-refractivity contribution is 6.11. The first-order valence-corrected chi connectivity index (χ1v) is 12.3. The summed E-state index contributed by atoms with van der Waals surface area (Å²) < 4.78 is 42.7. The van der Waals surface area contributed by atoms with Crippen molar-refractivity contribution < 1.29 is 47.5 Å². The molecule has 0 atom stereocenters. The second-order valence-electron chi connectivity index (χ2n) is 7.98. The maximum atomic E-state index is 12.3. The van der Waals surface area contributed by atoms with E-state index in [0.717, 1.165) is 21.5 Å². The zero-order chi connectivity index (χ0) is 27.0. The van der Waals surface area contributed by atoms with Gasteiger partial charge in [0.15, 0.2) is 13.2 Å². The van der Waals surface area contributed by atoms with Gasteiger partial charge in [0.25, 0.3) is 0 Å². The average molecular weight is 531 g/mol. The Morgan fingerprint density at radius 3 is 1.21 bits per heavy atom. The largest absolute Gasteiger partial charge is 0.481 e. The number of carbonyl (C=O) groups excluding carboxylic acids is 2. The zero-order valence-electron chi connectivity index (χ0n) is 21.8. The van der Waals surface area contributed by atoms with Crippen molar-refractivity contribution in [3.63, 3.8) is 0 Å². The second-order valence-corrected chi connectivity index (χ2v) is 7.98. The second kappa shape index (κ2) is 16.4. The van der Waals surface area contributed by atoms with E-state index in [9.17, 15) is 9.59 Å². The van der Waals surface area contributed by atoms with Gasteiger partial charge in [-0.1, -0.05) is 48.5 Å². The minimum atomic E-state index is -0.511. The van der Waals surface area contributed by atoms with Gasteiger partial charge in [-0.25, -0.2) is 9.59 Å². The van der Waals surface area contributed by atoms with E-state index in [0.29, 0.717) is 37.9 Å². The molecule has 3 aromatic rings. The molecule has 0 unspecified atom stereocenters. The third-order valence-corrected chi connectivity index (χ3v) is 5.35. The van der Waals surface area contributed by atoms with Crippen LogP contribution in [0.4, 0.5) is 0 Å². The number of hydrogen-bond acceptors (Lipinski definition) is 10. The summed E-state index contributed by atoms with van der Waals surface area (Å²) in [6.45, 7) is 2.05. The van der Waals surface area contributed by atoms with Gasteiger partial charge in [0.05, 0.1) is 39.6 Å². The molecule has 10 heteroatoms. The van der Waals surface area contributed by atoms with Gasteiger partial charge in [0, 0.05) is 35.8 Å². The number of ether oxygens (including phenoxy) is 8. The van der Waals surface area contributed by atoms with Crippen molar-refractivity contribution in [2.75, 3.05) is 80.3 Å². The predicted octanol–water partition coefficient (Wildman–Crippen LogP) is 3.16. The maximum Gasteiger partial charge on any atom is 0.344 e. The van der Waals surface area contributed by atoms with Crippen molar-refractivity contribution in [2.45, 2.75) is 0 Å². The molecule has 0 aliphatic carbocycles. The van der Waals surface area contributed by atoms with Gasteiger partial charge >= 0.3 is 11.9 Å². The fourth-order valence-electron chi connectivity index (χ4n) is 3.62. The van der Waals surface area contributed by atoms with Crippen molar-refractivity contribution in [2.24, 2.45) is 0 Å². The van der Waals surface area contributed by atoms with Crippen LogP contribution in [0.15, 0.2) is 48.5 Å². The molecule has 0 bridgehead atoms. The number of methoxy groups -OCH3 is 2. The summed E-state index contributed by atoms with van der Waals surface area (Å²) >= 11 is 0. The third kappa shape index (κ3) is 8.84. The van der Waals surface area contributed by atoms with E-state index in [1.165, 1.54) is 0 Å². The molecule has 0 spiro atoms. The maximum absolute atomic E-state index is 12.3. The van der Waals surface area contributed by atoms with Crippen molar-refractivity contribution in [1.82, 2.24) is 0 Å². The van der Waals surface area contributed by atoms with Gasteiger partial charge in [0.2, 0.25) is 0 Å². The molecule has 3 aromatic carbocycles. The summed E-state index contributed by atoms with van der Waals surface area (Å²) in [6, 6.07) is 14.9. The number of fused-ring (bicyclic) bond motifs is 2.